The number of benzene rings is 1. The zero-order chi connectivity index (χ0) is 16.0. The molecule has 1 unspecified atom stereocenters. The molecule has 6 nitrogen and oxygen atoms in total. The van der Waals surface area contributed by atoms with Gasteiger partial charge in [0.05, 0.1) is 6.61 Å². The molecule has 116 valence electrons. The van der Waals surface area contributed by atoms with E-state index in [4.69, 9.17) is 10.6 Å². The van der Waals surface area contributed by atoms with E-state index in [2.05, 4.69) is 10.3 Å². The van der Waals surface area contributed by atoms with Crippen LogP contribution in [0.5, 0.6) is 0 Å². The van der Waals surface area contributed by atoms with E-state index < -0.39 is 6.04 Å². The molecule has 3 heterocycles. The van der Waals surface area contributed by atoms with Crippen LogP contribution in [0.4, 0.5) is 5.69 Å². The molecule has 6 heteroatoms. The molecular formula is C17H16N4O2. The number of hydrogen-bond acceptors (Lipinski definition) is 5. The summed E-state index contributed by atoms with van der Waals surface area (Å²) in [5.41, 5.74) is 4.33. The third-order valence-electron chi connectivity index (χ3n) is 4.09. The predicted molar refractivity (Wildman–Crippen MR) is 88.3 cm³/mol. The first-order valence-electron chi connectivity index (χ1n) is 7.48. The van der Waals surface area contributed by atoms with Crippen LogP contribution in [0.15, 0.2) is 42.7 Å². The zero-order valence-corrected chi connectivity index (χ0v) is 12.6. The van der Waals surface area contributed by atoms with Crippen molar-refractivity contribution in [1.82, 2.24) is 9.66 Å². The Balaban J connectivity index is 2.05. The van der Waals surface area contributed by atoms with Gasteiger partial charge >= 0.3 is 5.97 Å². The minimum absolute atomic E-state index is 0.324. The SMILES string of the molecule is CCOC(=O)C1Nc2ccccc2-c2ccnc3c2c1cn3N. The van der Waals surface area contributed by atoms with Crippen LogP contribution in [0.2, 0.25) is 0 Å². The maximum absolute atomic E-state index is 12.5. The zero-order valence-electron chi connectivity index (χ0n) is 12.6. The molecule has 0 fully saturated rings. The van der Waals surface area contributed by atoms with Crippen molar-refractivity contribution in [2.75, 3.05) is 17.8 Å². The number of carbonyl (C=O) groups excluding carboxylic acids is 1. The van der Waals surface area contributed by atoms with Crippen LogP contribution in [-0.4, -0.2) is 22.2 Å². The number of nitrogens with two attached hydrogens (primary N) is 1. The monoisotopic (exact) mass is 308 g/mol. The molecular weight excluding hydrogens is 292 g/mol. The van der Waals surface area contributed by atoms with Gasteiger partial charge in [-0.25, -0.2) is 9.78 Å². The predicted octanol–water partition coefficient (Wildman–Crippen LogP) is 2.45. The van der Waals surface area contributed by atoms with Gasteiger partial charge < -0.3 is 15.9 Å². The third kappa shape index (κ3) is 1.95. The number of ether oxygens (including phenoxy) is 1. The van der Waals surface area contributed by atoms with Crippen LogP contribution >= 0.6 is 0 Å². The van der Waals surface area contributed by atoms with Gasteiger partial charge in [-0.3, -0.25) is 4.68 Å². The van der Waals surface area contributed by atoms with E-state index in [-0.39, 0.29) is 5.97 Å². The first-order valence-corrected chi connectivity index (χ1v) is 7.48. The molecule has 0 saturated heterocycles. The molecule has 0 amide bonds. The van der Waals surface area contributed by atoms with Crippen molar-refractivity contribution >= 4 is 22.7 Å². The molecule has 0 spiro atoms. The molecule has 3 N–H and O–H groups in total. The normalized spacial score (nSPS) is 15.6. The third-order valence-corrected chi connectivity index (χ3v) is 4.09. The van der Waals surface area contributed by atoms with E-state index in [9.17, 15) is 4.79 Å². The Morgan fingerprint density at radius 3 is 3.00 bits per heavy atom. The lowest BCUT2D eigenvalue weighted by atomic mass is 10.0. The second kappa shape index (κ2) is 5.01. The Morgan fingerprint density at radius 2 is 2.17 bits per heavy atom. The highest BCUT2D eigenvalue weighted by Crippen LogP contribution is 2.42. The van der Waals surface area contributed by atoms with Gasteiger partial charge in [0.25, 0.3) is 0 Å². The molecule has 0 aliphatic carbocycles. The number of rotatable bonds is 2. The fourth-order valence-electron chi connectivity index (χ4n) is 3.14. The summed E-state index contributed by atoms with van der Waals surface area (Å²) in [5.74, 6) is 5.70. The number of para-hydroxylation sites is 1. The van der Waals surface area contributed by atoms with Crippen molar-refractivity contribution in [3.63, 3.8) is 0 Å². The highest BCUT2D eigenvalue weighted by Gasteiger charge is 2.31. The summed E-state index contributed by atoms with van der Waals surface area (Å²) >= 11 is 0. The van der Waals surface area contributed by atoms with Crippen molar-refractivity contribution in [1.29, 1.82) is 0 Å². The summed E-state index contributed by atoms with van der Waals surface area (Å²) in [6.07, 6.45) is 3.47. The number of aromatic nitrogens is 2. The summed E-state index contributed by atoms with van der Waals surface area (Å²) in [6, 6.07) is 9.20. The van der Waals surface area contributed by atoms with Gasteiger partial charge in [0.1, 0.15) is 0 Å². The van der Waals surface area contributed by atoms with Gasteiger partial charge in [-0.05, 0) is 24.6 Å². The van der Waals surface area contributed by atoms with E-state index >= 15 is 0 Å². The van der Waals surface area contributed by atoms with Gasteiger partial charge in [-0.2, -0.15) is 0 Å². The van der Waals surface area contributed by atoms with E-state index in [0.717, 1.165) is 27.8 Å². The van der Waals surface area contributed by atoms with Gasteiger partial charge in [0, 0.05) is 34.6 Å². The van der Waals surface area contributed by atoms with E-state index in [1.165, 1.54) is 4.68 Å². The number of nitrogens with zero attached hydrogens (tertiary/aromatic N) is 2. The molecule has 1 aliphatic rings. The first-order chi connectivity index (χ1) is 11.2. The number of hydrogen-bond donors (Lipinski definition) is 2. The molecule has 0 bridgehead atoms. The number of esters is 1. The van der Waals surface area contributed by atoms with Gasteiger partial charge in [0.15, 0.2) is 11.7 Å². The number of fused-ring (bicyclic) bond motifs is 2. The smallest absolute Gasteiger partial charge is 0.333 e. The quantitative estimate of drug-likeness (QED) is 0.561. The number of nitrogens with one attached hydrogen (secondary N) is 1. The lowest BCUT2D eigenvalue weighted by Gasteiger charge is -2.17. The molecule has 2 aromatic heterocycles. The molecule has 0 saturated carbocycles. The van der Waals surface area contributed by atoms with Crippen molar-refractivity contribution in [3.8, 4) is 11.1 Å². The minimum Gasteiger partial charge on any atom is -0.464 e. The summed E-state index contributed by atoms with van der Waals surface area (Å²) in [5, 5.41) is 4.17. The molecule has 23 heavy (non-hydrogen) atoms. The second-order valence-corrected chi connectivity index (χ2v) is 5.42. The average Bonchev–Trinajstić information content (AvgIpc) is 2.82. The highest BCUT2D eigenvalue weighted by atomic mass is 16.5. The molecule has 3 aromatic rings. The fraction of sp³-hybridized carbons (Fsp3) is 0.176. The Labute approximate surface area is 132 Å². The fourth-order valence-corrected chi connectivity index (χ4v) is 3.14. The summed E-state index contributed by atoms with van der Waals surface area (Å²) in [7, 11) is 0. The van der Waals surface area contributed by atoms with Crippen LogP contribution in [0.25, 0.3) is 22.2 Å². The Bertz CT molecular complexity index is 916. The van der Waals surface area contributed by atoms with Crippen LogP contribution in [-0.2, 0) is 9.53 Å². The van der Waals surface area contributed by atoms with Crippen molar-refractivity contribution < 1.29 is 9.53 Å². The van der Waals surface area contributed by atoms with Gasteiger partial charge in [-0.1, -0.05) is 18.2 Å². The Hall–Kier alpha value is -3.02. The second-order valence-electron chi connectivity index (χ2n) is 5.42. The van der Waals surface area contributed by atoms with E-state index in [1.807, 2.05) is 30.3 Å². The summed E-state index contributed by atoms with van der Waals surface area (Å²) in [6.45, 7) is 2.12. The van der Waals surface area contributed by atoms with Crippen molar-refractivity contribution in [2.24, 2.45) is 0 Å². The number of pyridine rings is 1. The lowest BCUT2D eigenvalue weighted by Crippen LogP contribution is -2.23. The molecule has 4 rings (SSSR count). The maximum Gasteiger partial charge on any atom is 0.333 e. The first kappa shape index (κ1) is 13.6. The number of nitrogen functional groups attached to an aromatic ring is 1. The van der Waals surface area contributed by atoms with Gasteiger partial charge in [-0.15, -0.1) is 0 Å². The van der Waals surface area contributed by atoms with E-state index in [1.54, 1.807) is 19.3 Å². The van der Waals surface area contributed by atoms with Crippen molar-refractivity contribution in [2.45, 2.75) is 13.0 Å². The summed E-state index contributed by atoms with van der Waals surface area (Å²) < 4.78 is 6.69. The van der Waals surface area contributed by atoms with Crippen LogP contribution in [0.1, 0.15) is 18.5 Å². The molecule has 1 atom stereocenters. The highest BCUT2D eigenvalue weighted by molar-refractivity contribution is 6.04. The Kier molecular flexibility index (Phi) is 2.97. The van der Waals surface area contributed by atoms with Gasteiger partial charge in [0.2, 0.25) is 0 Å². The van der Waals surface area contributed by atoms with Crippen LogP contribution < -0.4 is 11.2 Å². The number of anilines is 1. The van der Waals surface area contributed by atoms with Crippen LogP contribution in [0, 0.1) is 0 Å². The van der Waals surface area contributed by atoms with E-state index in [0.29, 0.717) is 12.3 Å². The molecule has 1 aromatic carbocycles. The number of carbonyl (C=O) groups is 1. The lowest BCUT2D eigenvalue weighted by molar-refractivity contribution is -0.144. The standard InChI is InChI=1S/C17H16N4O2/c1-2-23-17(22)15-12-9-21(18)16-14(12)11(7-8-19-16)10-5-3-4-6-13(10)20-15/h3-9,15,20H,2,18H2,1H3. The largest absolute Gasteiger partial charge is 0.464 e. The van der Waals surface area contributed by atoms with Crippen LogP contribution in [0.3, 0.4) is 0 Å². The summed E-state index contributed by atoms with van der Waals surface area (Å²) in [4.78, 5) is 16.8. The maximum atomic E-state index is 12.5. The Morgan fingerprint density at radius 1 is 1.35 bits per heavy atom. The molecule has 0 radical (unpaired) electrons. The topological polar surface area (TPSA) is 82.2 Å². The average molecular weight is 308 g/mol. The molecule has 1 aliphatic heterocycles. The van der Waals surface area contributed by atoms with Crippen molar-refractivity contribution in [3.05, 3.63) is 48.3 Å². The minimum atomic E-state index is -0.617.